The Bertz CT molecular complexity index is 876. The molecule has 0 aliphatic rings. The van der Waals surface area contributed by atoms with Crippen molar-refractivity contribution in [1.82, 2.24) is 5.32 Å². The highest BCUT2D eigenvalue weighted by molar-refractivity contribution is 7.79. The van der Waals surface area contributed by atoms with E-state index in [1.165, 1.54) is 17.5 Å². The summed E-state index contributed by atoms with van der Waals surface area (Å²) in [5.41, 5.74) is 2.33. The summed E-state index contributed by atoms with van der Waals surface area (Å²) in [7, 11) is 0. The molecule has 4 heteroatoms. The zero-order chi connectivity index (χ0) is 30.8. The lowest BCUT2D eigenvalue weighted by molar-refractivity contribution is -0.117. The smallest absolute Gasteiger partial charge is 0.0957 e. The van der Waals surface area contributed by atoms with Gasteiger partial charge < -0.3 is 15.2 Å². The van der Waals surface area contributed by atoms with Gasteiger partial charge in [-0.25, -0.2) is 0 Å². The van der Waals surface area contributed by atoms with Gasteiger partial charge in [-0.1, -0.05) is 120 Å². The van der Waals surface area contributed by atoms with E-state index in [0.717, 1.165) is 56.7 Å². The third-order valence-corrected chi connectivity index (χ3v) is 10.6. The molecule has 2 atom stereocenters. The minimum absolute atomic E-state index is 0.0557. The van der Waals surface area contributed by atoms with Crippen LogP contribution in [0.2, 0.25) is 0 Å². The molecule has 2 unspecified atom stereocenters. The van der Waals surface area contributed by atoms with E-state index in [2.05, 4.69) is 125 Å². The maximum absolute atomic E-state index is 8.92. The second-order valence-electron chi connectivity index (χ2n) is 15.5. The van der Waals surface area contributed by atoms with E-state index in [1.54, 1.807) is 0 Å². The van der Waals surface area contributed by atoms with Crippen LogP contribution in [0.4, 0.5) is 0 Å². The van der Waals surface area contributed by atoms with Crippen LogP contribution in [0.1, 0.15) is 132 Å². The first-order chi connectivity index (χ1) is 18.4. The maximum Gasteiger partial charge on any atom is 0.0957 e. The van der Waals surface area contributed by atoms with Gasteiger partial charge in [-0.15, -0.1) is 0 Å². The highest BCUT2D eigenvalue weighted by atomic mass is 32.1. The lowest BCUT2D eigenvalue weighted by Gasteiger charge is -2.62. The number of thiol groups is 1. The van der Waals surface area contributed by atoms with Gasteiger partial charge >= 0.3 is 0 Å². The number of ether oxygens (including phenoxy) is 1. The fraction of sp³-hybridized carbons (Fsp3) is 0.778. The van der Waals surface area contributed by atoms with Crippen molar-refractivity contribution < 1.29 is 9.84 Å². The molecule has 40 heavy (non-hydrogen) atoms. The lowest BCUT2D eigenvalue weighted by atomic mass is 9.43. The highest BCUT2D eigenvalue weighted by Crippen LogP contribution is 2.66. The quantitative estimate of drug-likeness (QED) is 0.0927. The van der Waals surface area contributed by atoms with Gasteiger partial charge in [0.2, 0.25) is 0 Å². The molecule has 0 saturated heterocycles. The summed E-state index contributed by atoms with van der Waals surface area (Å²) in [5, 5.41) is 12.5. The number of allylic oxidation sites excluding steroid dienone is 1. The molecule has 0 fully saturated rings. The average Bonchev–Trinajstić information content (AvgIpc) is 2.86. The second-order valence-corrected chi connectivity index (χ2v) is 15.8. The molecule has 232 valence electrons. The monoisotopic (exact) mass is 575 g/mol. The Hall–Kier alpha value is -0.970. The Labute approximate surface area is 254 Å². The third-order valence-electron chi connectivity index (χ3n) is 10.2. The highest BCUT2D eigenvalue weighted by Gasteiger charge is 2.60. The molecule has 2 N–H and O–H groups in total. The zero-order valence-corrected chi connectivity index (χ0v) is 29.1. The molecule has 3 nitrogen and oxygen atoms in total. The van der Waals surface area contributed by atoms with Crippen molar-refractivity contribution >= 4 is 12.6 Å². The molecule has 0 aromatic heterocycles. The number of nitrogens with one attached hydrogen (secondary N) is 1. The molecule has 0 heterocycles. The predicted octanol–water partition coefficient (Wildman–Crippen LogP) is 9.80. The molecule has 0 aliphatic heterocycles. The van der Waals surface area contributed by atoms with E-state index in [-0.39, 0.29) is 27.1 Å². The number of hydrogen-bond acceptors (Lipinski definition) is 4. The van der Waals surface area contributed by atoms with E-state index in [1.807, 2.05) is 0 Å². The van der Waals surface area contributed by atoms with E-state index in [4.69, 9.17) is 9.84 Å². The number of unbranched alkanes of at least 4 members (excludes halogenated alkanes) is 3. The van der Waals surface area contributed by atoms with Crippen LogP contribution in [-0.4, -0.2) is 31.4 Å². The van der Waals surface area contributed by atoms with Gasteiger partial charge in [0, 0.05) is 17.8 Å². The van der Waals surface area contributed by atoms with E-state index in [0.29, 0.717) is 19.1 Å². The summed E-state index contributed by atoms with van der Waals surface area (Å²) in [4.78, 5) is 0. The zero-order valence-electron chi connectivity index (χ0n) is 28.2. The molecule has 0 spiro atoms. The molecule has 0 saturated carbocycles. The minimum atomic E-state index is -0.273. The van der Waals surface area contributed by atoms with Gasteiger partial charge in [0.25, 0.3) is 0 Å². The van der Waals surface area contributed by atoms with Crippen LogP contribution in [-0.2, 0) is 10.5 Å². The summed E-state index contributed by atoms with van der Waals surface area (Å²) in [6.07, 6.45) is 6.41. The van der Waals surface area contributed by atoms with Crippen molar-refractivity contribution in [3.05, 3.63) is 47.7 Å². The van der Waals surface area contributed by atoms with Crippen LogP contribution in [0, 0.1) is 27.1 Å². The summed E-state index contributed by atoms with van der Waals surface area (Å²) < 4.78 is 6.52. The first-order valence-corrected chi connectivity index (χ1v) is 16.3. The summed E-state index contributed by atoms with van der Waals surface area (Å²) >= 11 is 4.49. The van der Waals surface area contributed by atoms with Crippen LogP contribution < -0.4 is 5.32 Å². The van der Waals surface area contributed by atoms with Gasteiger partial charge in [-0.3, -0.25) is 0 Å². The largest absolute Gasteiger partial charge is 0.498 e. The van der Waals surface area contributed by atoms with Crippen LogP contribution in [0.15, 0.2) is 36.6 Å². The third kappa shape index (κ3) is 9.53. The average molecular weight is 576 g/mol. The number of aliphatic hydroxyl groups is 1. The van der Waals surface area contributed by atoms with Crippen LogP contribution >= 0.6 is 12.6 Å². The van der Waals surface area contributed by atoms with Gasteiger partial charge in [0.05, 0.1) is 12.4 Å². The Morgan fingerprint density at radius 2 is 1.40 bits per heavy atom. The Balaban J connectivity index is 3.16. The molecule has 1 aromatic carbocycles. The Kier molecular flexibility index (Phi) is 14.3. The van der Waals surface area contributed by atoms with Crippen LogP contribution in [0.25, 0.3) is 0 Å². The van der Waals surface area contributed by atoms with Crippen molar-refractivity contribution in [3.8, 4) is 0 Å². The van der Waals surface area contributed by atoms with Gasteiger partial charge in [-0.05, 0) is 77.5 Å². The lowest BCUT2D eigenvalue weighted by Crippen LogP contribution is -2.55. The molecular weight excluding hydrogens is 510 g/mol. The van der Waals surface area contributed by atoms with E-state index in [9.17, 15) is 0 Å². The molecule has 0 aliphatic carbocycles. The SMILES string of the molecule is C=C(OCCCNCCCCCCO)C(C)(C(C)(C)C)C(C)(C)C(C)(C)C(CC(C)(C)C)c1ccc(CS)cc1. The fourth-order valence-corrected chi connectivity index (χ4v) is 6.63. The van der Waals surface area contributed by atoms with E-state index >= 15 is 0 Å². The standard InChI is InChI=1S/C36H65NO2S/c1-28(39-25-17-23-37-22-15-13-14-16-24-38)36(12,33(5,6)7)35(10,11)34(8,9)31(26-32(2,3)4)30-20-18-29(27-40)19-21-30/h18-21,31,37-38,40H,1,13-17,22-27H2,2-12H3. The van der Waals surface area contributed by atoms with Crippen molar-refractivity contribution in [1.29, 1.82) is 0 Å². The number of benzene rings is 1. The number of aliphatic hydroxyl groups excluding tert-OH is 1. The molecular formula is C36H65NO2S. The first kappa shape index (κ1) is 37.1. The van der Waals surface area contributed by atoms with Gasteiger partial charge in [0.15, 0.2) is 0 Å². The minimum Gasteiger partial charge on any atom is -0.498 e. The Morgan fingerprint density at radius 3 is 1.90 bits per heavy atom. The van der Waals surface area contributed by atoms with Gasteiger partial charge in [-0.2, -0.15) is 12.6 Å². The normalized spacial score (nSPS) is 15.5. The summed E-state index contributed by atoms with van der Waals surface area (Å²) in [6.45, 7) is 33.9. The molecule has 0 radical (unpaired) electrons. The maximum atomic E-state index is 8.92. The summed E-state index contributed by atoms with van der Waals surface area (Å²) in [5.74, 6) is 2.04. The number of hydrogen-bond donors (Lipinski definition) is 3. The second kappa shape index (κ2) is 15.5. The summed E-state index contributed by atoms with van der Waals surface area (Å²) in [6, 6.07) is 9.16. The molecule has 1 aromatic rings. The molecule has 1 rings (SSSR count). The molecule has 0 bridgehead atoms. The molecule has 0 amide bonds. The predicted molar refractivity (Wildman–Crippen MR) is 179 cm³/mol. The topological polar surface area (TPSA) is 41.5 Å². The van der Waals surface area contributed by atoms with E-state index < -0.39 is 0 Å². The van der Waals surface area contributed by atoms with Crippen LogP contribution in [0.5, 0.6) is 0 Å². The van der Waals surface area contributed by atoms with Crippen molar-refractivity contribution in [3.63, 3.8) is 0 Å². The van der Waals surface area contributed by atoms with Crippen molar-refractivity contribution in [2.24, 2.45) is 27.1 Å². The number of rotatable bonds is 18. The van der Waals surface area contributed by atoms with Crippen LogP contribution in [0.3, 0.4) is 0 Å². The van der Waals surface area contributed by atoms with Crippen molar-refractivity contribution in [2.45, 2.75) is 126 Å². The van der Waals surface area contributed by atoms with Gasteiger partial charge in [0.1, 0.15) is 0 Å². The fourth-order valence-electron chi connectivity index (χ4n) is 6.42. The first-order valence-electron chi connectivity index (χ1n) is 15.7. The van der Waals surface area contributed by atoms with Crippen molar-refractivity contribution in [2.75, 3.05) is 26.3 Å². The Morgan fingerprint density at radius 1 is 0.850 bits per heavy atom.